The van der Waals surface area contributed by atoms with E-state index in [9.17, 15) is 9.59 Å². The summed E-state index contributed by atoms with van der Waals surface area (Å²) in [7, 11) is 0. The van der Waals surface area contributed by atoms with E-state index in [1.165, 1.54) is 0 Å². The molecule has 24 heavy (non-hydrogen) atoms. The predicted molar refractivity (Wildman–Crippen MR) is 98.1 cm³/mol. The van der Waals surface area contributed by atoms with Crippen LogP contribution < -0.4 is 0 Å². The molecule has 2 aromatic rings. The molecule has 0 heterocycles. The van der Waals surface area contributed by atoms with E-state index in [-0.39, 0.29) is 11.4 Å². The number of benzene rings is 2. The highest BCUT2D eigenvalue weighted by molar-refractivity contribution is 6.07. The van der Waals surface area contributed by atoms with E-state index in [4.69, 9.17) is 5.11 Å². The van der Waals surface area contributed by atoms with E-state index < -0.39 is 11.4 Å². The van der Waals surface area contributed by atoms with E-state index in [2.05, 4.69) is 6.58 Å². The second-order valence-electron chi connectivity index (χ2n) is 5.68. The van der Waals surface area contributed by atoms with Gasteiger partial charge in [-0.3, -0.25) is 4.79 Å². The molecule has 0 saturated heterocycles. The Morgan fingerprint density at radius 1 is 0.875 bits per heavy atom. The average molecular weight is 324 g/mol. The largest absolute Gasteiger partial charge is 0.478 e. The van der Waals surface area contributed by atoms with Gasteiger partial charge in [-0.1, -0.05) is 75.0 Å². The Balaban J connectivity index is 0.00000139. The Morgan fingerprint density at radius 2 is 1.33 bits per heavy atom. The lowest BCUT2D eigenvalue weighted by Gasteiger charge is -2.23. The minimum atomic E-state index is -1.15. The molecule has 126 valence electrons. The van der Waals surface area contributed by atoms with Gasteiger partial charge in [0, 0.05) is 11.1 Å². The molecule has 0 unspecified atom stereocenters. The first-order valence-electron chi connectivity index (χ1n) is 7.97. The average Bonchev–Trinajstić information content (AvgIpc) is 2.62. The molecule has 0 bridgehead atoms. The molecular formula is C21H24O3. The molecule has 3 heteroatoms. The van der Waals surface area contributed by atoms with Crippen LogP contribution in [0.5, 0.6) is 0 Å². The third-order valence-electron chi connectivity index (χ3n) is 3.83. The topological polar surface area (TPSA) is 54.4 Å². The summed E-state index contributed by atoms with van der Waals surface area (Å²) in [5, 5.41) is 9.05. The zero-order valence-electron chi connectivity index (χ0n) is 14.7. The molecule has 0 aromatic heterocycles. The van der Waals surface area contributed by atoms with Gasteiger partial charge in [-0.25, -0.2) is 4.79 Å². The molecule has 1 N–H and O–H groups in total. The van der Waals surface area contributed by atoms with Crippen LogP contribution in [0.25, 0.3) is 11.1 Å². The Bertz CT molecular complexity index is 711. The zero-order chi connectivity index (χ0) is 18.3. The number of Topliss-reactive ketones (excluding diaryl/α,β-unsaturated/α-hetero) is 1. The summed E-state index contributed by atoms with van der Waals surface area (Å²) in [5.74, 6) is -1.40. The Labute approximate surface area is 143 Å². The first kappa shape index (κ1) is 19.4. The van der Waals surface area contributed by atoms with Gasteiger partial charge in [-0.15, -0.1) is 0 Å². The molecule has 3 nitrogen and oxygen atoms in total. The Morgan fingerprint density at radius 3 is 1.79 bits per heavy atom. The number of carbonyl (C=O) groups is 2. The number of carboxylic acids is 1. The lowest BCUT2D eigenvalue weighted by Crippen LogP contribution is -2.30. The molecule has 0 aliphatic heterocycles. The molecule has 0 amide bonds. The molecule has 0 radical (unpaired) electrons. The highest BCUT2D eigenvalue weighted by Gasteiger charge is 2.35. The quantitative estimate of drug-likeness (QED) is 0.605. The molecule has 0 aliphatic carbocycles. The van der Waals surface area contributed by atoms with Crippen LogP contribution >= 0.6 is 0 Å². The summed E-state index contributed by atoms with van der Waals surface area (Å²) in [5.41, 5.74) is 1.31. The standard InChI is InChI=1S/C19H18O3.C2H6/c1-13(18(21)22)19(2,3)17(20)16-11-9-15(10-12-16)14-7-5-4-6-8-14;1-2/h4-12H,1H2,2-3H3,(H,21,22);1-2H3. The fourth-order valence-electron chi connectivity index (χ4n) is 2.21. The van der Waals surface area contributed by atoms with Gasteiger partial charge in [0.25, 0.3) is 0 Å². The van der Waals surface area contributed by atoms with E-state index in [0.717, 1.165) is 11.1 Å². The maximum atomic E-state index is 12.5. The van der Waals surface area contributed by atoms with Crippen molar-refractivity contribution < 1.29 is 14.7 Å². The smallest absolute Gasteiger partial charge is 0.331 e. The second kappa shape index (κ2) is 8.25. The van der Waals surface area contributed by atoms with Crippen LogP contribution in [0.1, 0.15) is 38.1 Å². The number of carbonyl (C=O) groups excluding carboxylic acids is 1. The van der Waals surface area contributed by atoms with Gasteiger partial charge in [0.1, 0.15) is 0 Å². The summed E-state index contributed by atoms with van der Waals surface area (Å²) >= 11 is 0. The zero-order valence-corrected chi connectivity index (χ0v) is 14.7. The third kappa shape index (κ3) is 4.19. The lowest BCUT2D eigenvalue weighted by atomic mass is 9.78. The minimum absolute atomic E-state index is 0.107. The van der Waals surface area contributed by atoms with Gasteiger partial charge in [0.15, 0.2) is 5.78 Å². The molecule has 0 saturated carbocycles. The van der Waals surface area contributed by atoms with Gasteiger partial charge in [-0.05, 0) is 25.0 Å². The summed E-state index contributed by atoms with van der Waals surface area (Å²) in [6.07, 6.45) is 0. The molecule has 0 spiro atoms. The molecule has 0 aliphatic rings. The summed E-state index contributed by atoms with van der Waals surface area (Å²) in [6, 6.07) is 17.0. The van der Waals surface area contributed by atoms with E-state index in [1.807, 2.05) is 56.3 Å². The second-order valence-corrected chi connectivity index (χ2v) is 5.68. The van der Waals surface area contributed by atoms with Crippen molar-refractivity contribution in [1.82, 2.24) is 0 Å². The summed E-state index contributed by atoms with van der Waals surface area (Å²) in [4.78, 5) is 23.6. The highest BCUT2D eigenvalue weighted by atomic mass is 16.4. The predicted octanol–water partition coefficient (Wildman–Crippen LogP) is 5.23. The SMILES string of the molecule is C=C(C(=O)O)C(C)(C)C(=O)c1ccc(-c2ccccc2)cc1.CC. The maximum absolute atomic E-state index is 12.5. The molecular weight excluding hydrogens is 300 g/mol. The highest BCUT2D eigenvalue weighted by Crippen LogP contribution is 2.30. The summed E-state index contributed by atoms with van der Waals surface area (Å²) in [6.45, 7) is 10.7. The van der Waals surface area contributed by atoms with Crippen molar-refractivity contribution in [2.45, 2.75) is 27.7 Å². The van der Waals surface area contributed by atoms with Crippen molar-refractivity contribution >= 4 is 11.8 Å². The number of hydrogen-bond acceptors (Lipinski definition) is 2. The van der Waals surface area contributed by atoms with E-state index in [1.54, 1.807) is 26.0 Å². The number of aliphatic carboxylic acids is 1. The normalized spacial score (nSPS) is 10.3. The molecule has 2 rings (SSSR count). The summed E-state index contributed by atoms with van der Waals surface area (Å²) < 4.78 is 0. The van der Waals surface area contributed by atoms with Crippen LogP contribution in [-0.2, 0) is 4.79 Å². The Kier molecular flexibility index (Phi) is 6.66. The van der Waals surface area contributed by atoms with Gasteiger partial charge < -0.3 is 5.11 Å². The van der Waals surface area contributed by atoms with Crippen molar-refractivity contribution in [2.24, 2.45) is 5.41 Å². The maximum Gasteiger partial charge on any atom is 0.331 e. The van der Waals surface area contributed by atoms with Crippen LogP contribution in [0.3, 0.4) is 0 Å². The van der Waals surface area contributed by atoms with Crippen molar-refractivity contribution in [1.29, 1.82) is 0 Å². The van der Waals surface area contributed by atoms with Crippen LogP contribution in [-0.4, -0.2) is 16.9 Å². The van der Waals surface area contributed by atoms with E-state index >= 15 is 0 Å². The van der Waals surface area contributed by atoms with Crippen molar-refractivity contribution in [3.05, 3.63) is 72.3 Å². The first-order valence-corrected chi connectivity index (χ1v) is 7.97. The van der Waals surface area contributed by atoms with Gasteiger partial charge in [-0.2, -0.15) is 0 Å². The third-order valence-corrected chi connectivity index (χ3v) is 3.83. The van der Waals surface area contributed by atoms with Crippen LogP contribution in [0, 0.1) is 5.41 Å². The van der Waals surface area contributed by atoms with E-state index in [0.29, 0.717) is 5.56 Å². The van der Waals surface area contributed by atoms with Crippen molar-refractivity contribution in [2.75, 3.05) is 0 Å². The Hall–Kier alpha value is -2.68. The number of rotatable bonds is 5. The van der Waals surface area contributed by atoms with Gasteiger partial charge >= 0.3 is 5.97 Å². The van der Waals surface area contributed by atoms with Gasteiger partial charge in [0.2, 0.25) is 0 Å². The number of carboxylic acid groups (broad SMARTS) is 1. The van der Waals surface area contributed by atoms with Crippen LogP contribution in [0.15, 0.2) is 66.7 Å². The van der Waals surface area contributed by atoms with Gasteiger partial charge in [0.05, 0.1) is 5.41 Å². The monoisotopic (exact) mass is 324 g/mol. The van der Waals surface area contributed by atoms with Crippen LogP contribution in [0.2, 0.25) is 0 Å². The number of hydrogen-bond donors (Lipinski definition) is 1. The fraction of sp³-hybridized carbons (Fsp3) is 0.238. The van der Waals surface area contributed by atoms with Crippen molar-refractivity contribution in [3.8, 4) is 11.1 Å². The fourth-order valence-corrected chi connectivity index (χ4v) is 2.21. The van der Waals surface area contributed by atoms with Crippen molar-refractivity contribution in [3.63, 3.8) is 0 Å². The molecule has 2 aromatic carbocycles. The van der Waals surface area contributed by atoms with Crippen LogP contribution in [0.4, 0.5) is 0 Å². The molecule has 0 atom stereocenters. The molecule has 0 fully saturated rings. The minimum Gasteiger partial charge on any atom is -0.478 e. The lowest BCUT2D eigenvalue weighted by molar-refractivity contribution is -0.133. The number of ketones is 1. The first-order chi connectivity index (χ1) is 11.3.